The summed E-state index contributed by atoms with van der Waals surface area (Å²) in [5.74, 6) is 0.0746. The number of hydrogen-bond acceptors (Lipinski definition) is 4. The van der Waals surface area contributed by atoms with E-state index in [0.717, 1.165) is 11.4 Å². The summed E-state index contributed by atoms with van der Waals surface area (Å²) in [6.07, 6.45) is 0.427. The number of rotatable bonds is 0. The Kier molecular flexibility index (Phi) is 3.26. The average Bonchev–Trinajstić information content (AvgIpc) is 2.62. The molecule has 2 atom stereocenters. The Morgan fingerprint density at radius 2 is 1.08 bits per heavy atom. The fourth-order valence-corrected chi connectivity index (χ4v) is 5.20. The Balaban J connectivity index is 1.66. The van der Waals surface area contributed by atoms with E-state index in [1.807, 2.05) is 58.3 Å². The predicted octanol–water partition coefficient (Wildman–Crippen LogP) is 4.06. The van der Waals surface area contributed by atoms with Crippen LogP contribution in [0.25, 0.3) is 0 Å². The highest BCUT2D eigenvalue weighted by atomic mass is 35.5. The molecule has 2 aromatic carbocycles. The van der Waals surface area contributed by atoms with Crippen LogP contribution in [0.1, 0.15) is 33.6 Å². The number of benzene rings is 2. The maximum absolute atomic E-state index is 12.7. The number of para-hydroxylation sites is 2. The summed E-state index contributed by atoms with van der Waals surface area (Å²) in [4.78, 5) is 27.6. The number of carbonyl (C=O) groups is 2. The van der Waals surface area contributed by atoms with E-state index in [-0.39, 0.29) is 24.4 Å². The molecule has 2 aromatic rings. The number of alkyl halides is 2. The molecule has 132 valence electrons. The molecule has 3 aliphatic rings. The monoisotopic (exact) mass is 386 g/mol. The van der Waals surface area contributed by atoms with Crippen molar-refractivity contribution >= 4 is 46.1 Å². The first kappa shape index (κ1) is 16.2. The van der Waals surface area contributed by atoms with E-state index in [4.69, 9.17) is 23.2 Å². The SMILES string of the molecule is O=C1C[C@@]2(Cl)CN3c4ccccc4C(=O)C[C@]3(Cl)CN2c2ccccc21. The first-order chi connectivity index (χ1) is 12.4. The second kappa shape index (κ2) is 5.24. The van der Waals surface area contributed by atoms with Gasteiger partial charge in [-0.05, 0) is 24.3 Å². The minimum Gasteiger partial charge on any atom is -0.347 e. The summed E-state index contributed by atoms with van der Waals surface area (Å²) in [6, 6.07) is 14.9. The van der Waals surface area contributed by atoms with Crippen LogP contribution in [0, 0.1) is 0 Å². The lowest BCUT2D eigenvalue weighted by Crippen LogP contribution is -2.71. The van der Waals surface area contributed by atoms with Gasteiger partial charge in [0, 0.05) is 22.5 Å². The van der Waals surface area contributed by atoms with Gasteiger partial charge in [0.25, 0.3) is 0 Å². The van der Waals surface area contributed by atoms with Gasteiger partial charge in [-0.3, -0.25) is 9.59 Å². The molecule has 0 aromatic heterocycles. The van der Waals surface area contributed by atoms with Crippen LogP contribution < -0.4 is 9.80 Å². The van der Waals surface area contributed by atoms with Crippen LogP contribution >= 0.6 is 23.2 Å². The Hall–Kier alpha value is -2.04. The molecule has 0 spiro atoms. The van der Waals surface area contributed by atoms with E-state index in [1.54, 1.807) is 0 Å². The fourth-order valence-electron chi connectivity index (χ4n) is 4.42. The van der Waals surface area contributed by atoms with Gasteiger partial charge in [-0.2, -0.15) is 0 Å². The predicted molar refractivity (Wildman–Crippen MR) is 103 cm³/mol. The standard InChI is InChI=1S/C20H16Cl2N2O2/c21-19-9-17(25)13-5-1-3-7-15(13)23(19)11-20(22)10-18(26)14-6-2-4-8-16(14)24(20)12-19/h1-8H,9-12H2/t19-,20+. The minimum atomic E-state index is -0.878. The van der Waals surface area contributed by atoms with Gasteiger partial charge in [0.15, 0.2) is 11.6 Å². The molecule has 1 saturated heterocycles. The first-order valence-corrected chi connectivity index (χ1v) is 9.35. The Morgan fingerprint density at radius 1 is 0.692 bits per heavy atom. The molecule has 0 bridgehead atoms. The van der Waals surface area contributed by atoms with Crippen molar-refractivity contribution < 1.29 is 9.59 Å². The van der Waals surface area contributed by atoms with Gasteiger partial charge < -0.3 is 9.80 Å². The van der Waals surface area contributed by atoms with Crippen LogP contribution in [0.15, 0.2) is 48.5 Å². The third-order valence-corrected chi connectivity index (χ3v) is 6.54. The van der Waals surface area contributed by atoms with Crippen LogP contribution in [-0.4, -0.2) is 34.7 Å². The average molecular weight is 387 g/mol. The summed E-state index contributed by atoms with van der Waals surface area (Å²) in [5, 5.41) is 0. The number of ketones is 2. The number of hydrogen-bond donors (Lipinski definition) is 0. The Bertz CT molecular complexity index is 885. The second-order valence-electron chi connectivity index (χ2n) is 7.24. The lowest BCUT2D eigenvalue weighted by atomic mass is 9.85. The van der Waals surface area contributed by atoms with Crippen molar-refractivity contribution in [1.29, 1.82) is 0 Å². The van der Waals surface area contributed by atoms with Crippen molar-refractivity contribution in [2.75, 3.05) is 22.9 Å². The molecule has 4 nitrogen and oxygen atoms in total. The lowest BCUT2D eigenvalue weighted by molar-refractivity contribution is 0.0922. The molecule has 0 saturated carbocycles. The van der Waals surface area contributed by atoms with E-state index < -0.39 is 10.00 Å². The summed E-state index contributed by atoms with van der Waals surface area (Å²) < 4.78 is 0. The molecule has 0 amide bonds. The Labute approximate surface area is 161 Å². The fraction of sp³-hybridized carbons (Fsp3) is 0.300. The molecule has 5 rings (SSSR count). The van der Waals surface area contributed by atoms with Gasteiger partial charge in [0.05, 0.1) is 25.9 Å². The van der Waals surface area contributed by atoms with Crippen LogP contribution in [0.4, 0.5) is 11.4 Å². The van der Waals surface area contributed by atoms with Gasteiger partial charge in [-0.1, -0.05) is 47.5 Å². The van der Waals surface area contributed by atoms with Crippen molar-refractivity contribution in [1.82, 2.24) is 0 Å². The van der Waals surface area contributed by atoms with Gasteiger partial charge in [-0.25, -0.2) is 0 Å². The zero-order valence-electron chi connectivity index (χ0n) is 13.9. The summed E-state index contributed by atoms with van der Waals surface area (Å²) in [7, 11) is 0. The summed E-state index contributed by atoms with van der Waals surface area (Å²) in [6.45, 7) is 0.755. The highest BCUT2D eigenvalue weighted by molar-refractivity contribution is 6.32. The van der Waals surface area contributed by atoms with Crippen molar-refractivity contribution in [3.63, 3.8) is 0 Å². The van der Waals surface area contributed by atoms with Gasteiger partial charge in [0.2, 0.25) is 0 Å². The van der Waals surface area contributed by atoms with Crippen LogP contribution in [0.2, 0.25) is 0 Å². The second-order valence-corrected chi connectivity index (χ2v) is 8.65. The number of nitrogens with zero attached hydrogens (tertiary/aromatic N) is 2. The topological polar surface area (TPSA) is 40.6 Å². The van der Waals surface area contributed by atoms with Crippen LogP contribution in [0.5, 0.6) is 0 Å². The molecule has 0 radical (unpaired) electrons. The van der Waals surface area contributed by atoms with E-state index in [2.05, 4.69) is 0 Å². The number of fused-ring (bicyclic) bond motifs is 6. The highest BCUT2D eigenvalue weighted by Crippen LogP contribution is 2.50. The van der Waals surface area contributed by atoms with Crippen LogP contribution in [-0.2, 0) is 0 Å². The van der Waals surface area contributed by atoms with Gasteiger partial charge >= 0.3 is 0 Å². The van der Waals surface area contributed by atoms with Gasteiger partial charge in [-0.15, -0.1) is 0 Å². The normalized spacial score (nSPS) is 29.6. The first-order valence-electron chi connectivity index (χ1n) is 8.59. The smallest absolute Gasteiger partial charge is 0.168 e. The number of piperazine rings is 1. The van der Waals surface area contributed by atoms with Crippen LogP contribution in [0.3, 0.4) is 0 Å². The van der Waals surface area contributed by atoms with E-state index in [0.29, 0.717) is 24.2 Å². The third kappa shape index (κ3) is 2.09. The van der Waals surface area contributed by atoms with Crippen molar-refractivity contribution in [3.05, 3.63) is 59.7 Å². The molecule has 1 fully saturated rings. The largest absolute Gasteiger partial charge is 0.347 e. The van der Waals surface area contributed by atoms with Crippen molar-refractivity contribution in [2.24, 2.45) is 0 Å². The number of anilines is 2. The molecular formula is C20H16Cl2N2O2. The third-order valence-electron chi connectivity index (χ3n) is 5.62. The lowest BCUT2D eigenvalue weighted by Gasteiger charge is -2.59. The number of carbonyl (C=O) groups excluding carboxylic acids is 2. The van der Waals surface area contributed by atoms with Crippen molar-refractivity contribution in [3.8, 4) is 0 Å². The molecule has 0 unspecified atom stereocenters. The molecule has 3 aliphatic heterocycles. The summed E-state index contributed by atoms with van der Waals surface area (Å²) >= 11 is 14.0. The van der Waals surface area contributed by atoms with E-state index in [1.165, 1.54) is 0 Å². The number of Topliss-reactive ketones (excluding diaryl/α,β-unsaturated/α-hetero) is 2. The summed E-state index contributed by atoms with van der Waals surface area (Å²) in [5.41, 5.74) is 2.93. The zero-order chi connectivity index (χ0) is 18.1. The molecule has 3 heterocycles. The molecule has 6 heteroatoms. The Morgan fingerprint density at radius 3 is 1.50 bits per heavy atom. The zero-order valence-corrected chi connectivity index (χ0v) is 15.4. The highest BCUT2D eigenvalue weighted by Gasteiger charge is 2.56. The minimum absolute atomic E-state index is 0.0373. The van der Waals surface area contributed by atoms with E-state index in [9.17, 15) is 9.59 Å². The molecule has 0 aliphatic carbocycles. The molecule has 26 heavy (non-hydrogen) atoms. The maximum atomic E-state index is 12.7. The number of halogens is 2. The van der Waals surface area contributed by atoms with E-state index >= 15 is 0 Å². The quantitative estimate of drug-likeness (QED) is 0.505. The molecule has 0 N–H and O–H groups in total. The molecular weight excluding hydrogens is 371 g/mol. The maximum Gasteiger partial charge on any atom is 0.168 e. The van der Waals surface area contributed by atoms with Crippen molar-refractivity contribution in [2.45, 2.75) is 22.8 Å². The van der Waals surface area contributed by atoms with Gasteiger partial charge in [0.1, 0.15) is 10.00 Å².